The summed E-state index contributed by atoms with van der Waals surface area (Å²) in [5.74, 6) is 2.46. The van der Waals surface area contributed by atoms with Crippen molar-refractivity contribution < 1.29 is 9.53 Å². The van der Waals surface area contributed by atoms with Crippen LogP contribution in [-0.2, 0) is 9.53 Å². The van der Waals surface area contributed by atoms with Gasteiger partial charge in [-0.15, -0.1) is 11.8 Å². The third kappa shape index (κ3) is 5.78. The summed E-state index contributed by atoms with van der Waals surface area (Å²) < 4.78 is 4.65. The van der Waals surface area contributed by atoms with E-state index < -0.39 is 0 Å². The highest BCUT2D eigenvalue weighted by Gasteiger charge is 2.24. The van der Waals surface area contributed by atoms with E-state index in [4.69, 9.17) is 0 Å². The van der Waals surface area contributed by atoms with Gasteiger partial charge in [0.15, 0.2) is 5.96 Å². The maximum absolute atomic E-state index is 11.2. The van der Waals surface area contributed by atoms with Gasteiger partial charge in [0.05, 0.1) is 13.5 Å². The van der Waals surface area contributed by atoms with E-state index in [1.165, 1.54) is 18.4 Å². The second-order valence-corrected chi connectivity index (χ2v) is 6.62. The molecule has 1 fully saturated rings. The molecule has 1 N–H and O–H groups in total. The third-order valence-corrected chi connectivity index (χ3v) is 5.11. The maximum atomic E-state index is 11.2. The average Bonchev–Trinajstić information content (AvgIpc) is 3.06. The standard InChI is InChI=1S/C17H25N3O2S/c1-18-17(19-10-8-16(21)22-2)20-11-9-14(12-20)13-23-15-6-4-3-5-7-15/h3-7,14H,8-13H2,1-2H3,(H,18,19). The number of likely N-dealkylation sites (tertiary alicyclic amines) is 1. The quantitative estimate of drug-likeness (QED) is 0.374. The molecule has 2 rings (SSSR count). The van der Waals surface area contributed by atoms with Crippen molar-refractivity contribution in [3.05, 3.63) is 30.3 Å². The first-order valence-electron chi connectivity index (χ1n) is 7.93. The lowest BCUT2D eigenvalue weighted by atomic mass is 10.2. The first kappa shape index (κ1) is 17.7. The van der Waals surface area contributed by atoms with E-state index in [2.05, 4.69) is 44.2 Å². The molecular formula is C17H25N3O2S. The number of carbonyl (C=O) groups excluding carboxylic acids is 1. The number of carbonyl (C=O) groups is 1. The molecule has 1 unspecified atom stereocenters. The first-order valence-corrected chi connectivity index (χ1v) is 8.91. The Morgan fingerprint density at radius 2 is 2.22 bits per heavy atom. The molecule has 1 heterocycles. The molecule has 23 heavy (non-hydrogen) atoms. The molecule has 1 aliphatic heterocycles. The average molecular weight is 335 g/mol. The lowest BCUT2D eigenvalue weighted by Crippen LogP contribution is -2.41. The summed E-state index contributed by atoms with van der Waals surface area (Å²) in [6.45, 7) is 2.58. The van der Waals surface area contributed by atoms with Gasteiger partial charge in [-0.05, 0) is 24.5 Å². The molecule has 0 saturated carbocycles. The molecule has 0 aliphatic carbocycles. The topological polar surface area (TPSA) is 53.9 Å². The van der Waals surface area contributed by atoms with Crippen molar-refractivity contribution in [3.8, 4) is 0 Å². The van der Waals surface area contributed by atoms with Gasteiger partial charge in [0.1, 0.15) is 0 Å². The number of aliphatic imine (C=N–C) groups is 1. The molecule has 1 aromatic rings. The van der Waals surface area contributed by atoms with Crippen LogP contribution in [0.15, 0.2) is 40.2 Å². The number of rotatable bonds is 6. The van der Waals surface area contributed by atoms with Gasteiger partial charge in [0, 0.05) is 37.3 Å². The van der Waals surface area contributed by atoms with E-state index in [0.717, 1.165) is 24.8 Å². The molecule has 0 amide bonds. The predicted molar refractivity (Wildman–Crippen MR) is 94.8 cm³/mol. The second kappa shape index (κ2) is 9.45. The highest BCUT2D eigenvalue weighted by Crippen LogP contribution is 2.25. The molecule has 1 saturated heterocycles. The van der Waals surface area contributed by atoms with E-state index in [1.54, 1.807) is 7.05 Å². The molecule has 0 radical (unpaired) electrons. The fourth-order valence-corrected chi connectivity index (χ4v) is 3.65. The molecule has 0 spiro atoms. The number of guanidine groups is 1. The number of benzene rings is 1. The Balaban J connectivity index is 1.73. The van der Waals surface area contributed by atoms with Gasteiger partial charge in [-0.3, -0.25) is 9.79 Å². The Morgan fingerprint density at radius 3 is 2.91 bits per heavy atom. The fraction of sp³-hybridized carbons (Fsp3) is 0.529. The van der Waals surface area contributed by atoms with E-state index in [0.29, 0.717) is 18.9 Å². The predicted octanol–water partition coefficient (Wildman–Crippen LogP) is 2.24. The van der Waals surface area contributed by atoms with Gasteiger partial charge in [-0.2, -0.15) is 0 Å². The normalized spacial score (nSPS) is 18.1. The van der Waals surface area contributed by atoms with Gasteiger partial charge in [-0.25, -0.2) is 0 Å². The molecular weight excluding hydrogens is 310 g/mol. The van der Waals surface area contributed by atoms with Crippen LogP contribution in [0, 0.1) is 5.92 Å². The van der Waals surface area contributed by atoms with Gasteiger partial charge in [0.2, 0.25) is 0 Å². The van der Waals surface area contributed by atoms with Crippen molar-refractivity contribution in [1.82, 2.24) is 10.2 Å². The van der Waals surface area contributed by atoms with Gasteiger partial charge < -0.3 is 15.0 Å². The summed E-state index contributed by atoms with van der Waals surface area (Å²) in [7, 11) is 3.19. The Bertz CT molecular complexity index is 522. The van der Waals surface area contributed by atoms with Crippen LogP contribution in [0.1, 0.15) is 12.8 Å². The van der Waals surface area contributed by atoms with Crippen LogP contribution in [0.4, 0.5) is 0 Å². The lowest BCUT2D eigenvalue weighted by Gasteiger charge is -2.21. The molecule has 0 aromatic heterocycles. The Labute approximate surface area is 142 Å². The molecule has 1 aromatic carbocycles. The highest BCUT2D eigenvalue weighted by atomic mass is 32.2. The minimum absolute atomic E-state index is 0.202. The Kier molecular flexibility index (Phi) is 7.26. The van der Waals surface area contributed by atoms with E-state index in [-0.39, 0.29) is 5.97 Å². The molecule has 6 heteroatoms. The van der Waals surface area contributed by atoms with Crippen LogP contribution in [0.3, 0.4) is 0 Å². The van der Waals surface area contributed by atoms with E-state index in [9.17, 15) is 4.79 Å². The number of nitrogens with zero attached hydrogens (tertiary/aromatic N) is 2. The fourth-order valence-electron chi connectivity index (χ4n) is 2.60. The summed E-state index contributed by atoms with van der Waals surface area (Å²) in [4.78, 5) is 19.1. The van der Waals surface area contributed by atoms with Gasteiger partial charge in [-0.1, -0.05) is 18.2 Å². The highest BCUT2D eigenvalue weighted by molar-refractivity contribution is 7.99. The number of hydrogen-bond acceptors (Lipinski definition) is 4. The minimum atomic E-state index is -0.202. The van der Waals surface area contributed by atoms with Crippen LogP contribution < -0.4 is 5.32 Å². The summed E-state index contributed by atoms with van der Waals surface area (Å²) >= 11 is 1.92. The summed E-state index contributed by atoms with van der Waals surface area (Å²) in [5.41, 5.74) is 0. The number of hydrogen-bond donors (Lipinski definition) is 1. The van der Waals surface area contributed by atoms with Crippen molar-refractivity contribution in [2.75, 3.05) is 39.5 Å². The van der Waals surface area contributed by atoms with Crippen molar-refractivity contribution in [2.24, 2.45) is 10.9 Å². The Hall–Kier alpha value is -1.69. The number of esters is 1. The van der Waals surface area contributed by atoms with Gasteiger partial charge >= 0.3 is 5.97 Å². The van der Waals surface area contributed by atoms with Crippen LogP contribution in [0.2, 0.25) is 0 Å². The molecule has 126 valence electrons. The smallest absolute Gasteiger partial charge is 0.307 e. The van der Waals surface area contributed by atoms with Crippen LogP contribution >= 0.6 is 11.8 Å². The summed E-state index contributed by atoms with van der Waals surface area (Å²) in [6.07, 6.45) is 1.54. The summed E-state index contributed by atoms with van der Waals surface area (Å²) in [5, 5.41) is 3.24. The van der Waals surface area contributed by atoms with Crippen molar-refractivity contribution >= 4 is 23.7 Å². The molecule has 0 bridgehead atoms. The second-order valence-electron chi connectivity index (χ2n) is 5.52. The zero-order chi connectivity index (χ0) is 16.5. The maximum Gasteiger partial charge on any atom is 0.307 e. The number of thioether (sulfide) groups is 1. The zero-order valence-electron chi connectivity index (χ0n) is 13.8. The van der Waals surface area contributed by atoms with E-state index in [1.807, 2.05) is 17.8 Å². The minimum Gasteiger partial charge on any atom is -0.469 e. The zero-order valence-corrected chi connectivity index (χ0v) is 14.6. The molecule has 5 nitrogen and oxygen atoms in total. The van der Waals surface area contributed by atoms with Crippen molar-refractivity contribution in [2.45, 2.75) is 17.7 Å². The Morgan fingerprint density at radius 1 is 1.43 bits per heavy atom. The molecule has 1 atom stereocenters. The summed E-state index contributed by atoms with van der Waals surface area (Å²) in [6, 6.07) is 10.5. The monoisotopic (exact) mass is 335 g/mol. The number of nitrogens with one attached hydrogen (secondary N) is 1. The molecule has 1 aliphatic rings. The van der Waals surface area contributed by atoms with Crippen LogP contribution in [0.5, 0.6) is 0 Å². The largest absolute Gasteiger partial charge is 0.469 e. The number of methoxy groups -OCH3 is 1. The van der Waals surface area contributed by atoms with Crippen molar-refractivity contribution in [3.63, 3.8) is 0 Å². The van der Waals surface area contributed by atoms with Gasteiger partial charge in [0.25, 0.3) is 0 Å². The van der Waals surface area contributed by atoms with Crippen molar-refractivity contribution in [1.29, 1.82) is 0 Å². The third-order valence-electron chi connectivity index (χ3n) is 3.87. The van der Waals surface area contributed by atoms with Crippen LogP contribution in [-0.4, -0.2) is 56.4 Å². The SMILES string of the molecule is CN=C(NCCC(=O)OC)N1CCC(CSc2ccccc2)C1. The lowest BCUT2D eigenvalue weighted by molar-refractivity contribution is -0.140. The van der Waals surface area contributed by atoms with E-state index >= 15 is 0 Å². The van der Waals surface area contributed by atoms with Crippen LogP contribution in [0.25, 0.3) is 0 Å². The first-order chi connectivity index (χ1) is 11.2. The number of ether oxygens (including phenoxy) is 1.